The molecule has 0 aromatic carbocycles. The van der Waals surface area contributed by atoms with Gasteiger partial charge >= 0.3 is 5.38 Å². The minimum Gasteiger partial charge on any atom is -0.246 e. The van der Waals surface area contributed by atoms with Crippen LogP contribution >= 0.6 is 23.2 Å². The molecule has 0 unspecified atom stereocenters. The van der Waals surface area contributed by atoms with Gasteiger partial charge < -0.3 is 0 Å². The molecule has 0 bridgehead atoms. The lowest BCUT2D eigenvalue weighted by atomic mass is 10.1. The van der Waals surface area contributed by atoms with Crippen molar-refractivity contribution in [3.8, 4) is 0 Å². The number of hydrogen-bond acceptors (Lipinski definition) is 0. The highest BCUT2D eigenvalue weighted by molar-refractivity contribution is 6.38. The largest absolute Gasteiger partial charge is 0.358 e. The van der Waals surface area contributed by atoms with Crippen molar-refractivity contribution in [2.75, 3.05) is 6.67 Å². The van der Waals surface area contributed by atoms with E-state index in [2.05, 4.69) is 11.6 Å². The molecule has 0 N–H and O–H groups in total. The normalized spacial score (nSPS) is 16.3. The van der Waals surface area contributed by atoms with Crippen LogP contribution in [0.5, 0.6) is 0 Å². The molecule has 0 fully saturated rings. The van der Waals surface area contributed by atoms with Crippen molar-refractivity contribution in [3.05, 3.63) is 22.0 Å². The Morgan fingerprint density at radius 2 is 1.71 bits per heavy atom. The molecule has 0 rings (SSSR count). The zero-order chi connectivity index (χ0) is 11.5. The number of halogens is 6. The molecule has 6 heteroatoms. The van der Waals surface area contributed by atoms with E-state index in [1.165, 1.54) is 0 Å². The lowest BCUT2D eigenvalue weighted by Crippen LogP contribution is -2.08. The van der Waals surface area contributed by atoms with E-state index in [1.54, 1.807) is 0 Å². The van der Waals surface area contributed by atoms with Crippen LogP contribution in [0.3, 0.4) is 0 Å². The summed E-state index contributed by atoms with van der Waals surface area (Å²) in [6, 6.07) is 0. The molecular formula is C8H8Cl2F4. The Labute approximate surface area is 89.2 Å². The molecule has 82 valence electrons. The lowest BCUT2D eigenvalue weighted by molar-refractivity contribution is 0.146. The van der Waals surface area contributed by atoms with Gasteiger partial charge in [-0.3, -0.25) is 0 Å². The van der Waals surface area contributed by atoms with Crippen LogP contribution in [-0.4, -0.2) is 12.1 Å². The van der Waals surface area contributed by atoms with Gasteiger partial charge in [0.05, 0.1) is 0 Å². The first kappa shape index (κ1) is 13.8. The van der Waals surface area contributed by atoms with Crippen LogP contribution < -0.4 is 0 Å². The highest BCUT2D eigenvalue weighted by Gasteiger charge is 2.32. The van der Waals surface area contributed by atoms with E-state index in [0.717, 1.165) is 13.8 Å². The number of allylic oxidation sites excluding steroid dienone is 4. The Balaban J connectivity index is 5.23. The summed E-state index contributed by atoms with van der Waals surface area (Å²) >= 11 is 9.67. The van der Waals surface area contributed by atoms with Gasteiger partial charge in [0.25, 0.3) is 0 Å². The predicted molar refractivity (Wildman–Crippen MR) is 49.1 cm³/mol. The molecular weight excluding hydrogens is 243 g/mol. The van der Waals surface area contributed by atoms with Crippen LogP contribution in [-0.2, 0) is 0 Å². The van der Waals surface area contributed by atoms with Gasteiger partial charge in [0.1, 0.15) is 17.5 Å². The third-order valence-corrected chi connectivity index (χ3v) is 2.29. The van der Waals surface area contributed by atoms with Crippen LogP contribution in [0.2, 0.25) is 0 Å². The zero-order valence-corrected chi connectivity index (χ0v) is 8.99. The standard InChI is InChI=1S/C8H8Cl2F4/c1-4(3-11)6(12)5(2)7(9)8(10,13)14/h3H2,1-2H3. The van der Waals surface area contributed by atoms with E-state index in [-0.39, 0.29) is 5.57 Å². The molecule has 0 nitrogen and oxygen atoms in total. The van der Waals surface area contributed by atoms with Crippen molar-refractivity contribution >= 4 is 23.2 Å². The van der Waals surface area contributed by atoms with E-state index in [0.29, 0.717) is 0 Å². The zero-order valence-electron chi connectivity index (χ0n) is 7.47. The fraction of sp³-hybridized carbons (Fsp3) is 0.500. The van der Waals surface area contributed by atoms with E-state index in [4.69, 9.17) is 11.6 Å². The van der Waals surface area contributed by atoms with Crippen LogP contribution in [0.15, 0.2) is 22.0 Å². The van der Waals surface area contributed by atoms with Gasteiger partial charge in [-0.15, -0.1) is 0 Å². The highest BCUT2D eigenvalue weighted by Crippen LogP contribution is 2.36. The molecule has 0 radical (unpaired) electrons. The Kier molecular flexibility index (Phi) is 4.95. The number of rotatable bonds is 3. The minimum atomic E-state index is -3.83. The summed E-state index contributed by atoms with van der Waals surface area (Å²) in [5, 5.41) is -4.97. The van der Waals surface area contributed by atoms with Gasteiger partial charge in [-0.25, -0.2) is 8.78 Å². The molecule has 0 aliphatic rings. The number of hydrogen-bond donors (Lipinski definition) is 0. The summed E-state index contributed by atoms with van der Waals surface area (Å²) in [5.41, 5.74) is -0.858. The first-order chi connectivity index (χ1) is 6.21. The van der Waals surface area contributed by atoms with Gasteiger partial charge in [-0.1, -0.05) is 11.6 Å². The summed E-state index contributed by atoms with van der Waals surface area (Å²) in [6.45, 7) is 1.07. The summed E-state index contributed by atoms with van der Waals surface area (Å²) in [4.78, 5) is 0. The first-order valence-corrected chi connectivity index (χ1v) is 4.32. The van der Waals surface area contributed by atoms with Gasteiger partial charge in [0.15, 0.2) is 0 Å². The highest BCUT2D eigenvalue weighted by atomic mass is 35.5. The Bertz CT molecular complexity index is 276. The minimum absolute atomic E-state index is 0.304. The van der Waals surface area contributed by atoms with Gasteiger partial charge in [0.2, 0.25) is 0 Å². The molecule has 0 aliphatic carbocycles. The van der Waals surface area contributed by atoms with Crippen LogP contribution in [0.25, 0.3) is 0 Å². The Morgan fingerprint density at radius 3 is 2.00 bits per heavy atom. The average Bonchev–Trinajstić information content (AvgIpc) is 2.11. The number of alkyl halides is 4. The van der Waals surface area contributed by atoms with Crippen LogP contribution in [0, 0.1) is 0 Å². The summed E-state index contributed by atoms with van der Waals surface area (Å²) in [7, 11) is 0. The molecule has 0 amide bonds. The van der Waals surface area contributed by atoms with Crippen LogP contribution in [0.4, 0.5) is 17.6 Å². The van der Waals surface area contributed by atoms with E-state index >= 15 is 0 Å². The van der Waals surface area contributed by atoms with Gasteiger partial charge in [-0.05, 0) is 31.0 Å². The van der Waals surface area contributed by atoms with Crippen molar-refractivity contribution < 1.29 is 17.6 Å². The van der Waals surface area contributed by atoms with Gasteiger partial charge in [0, 0.05) is 5.57 Å². The SMILES string of the molecule is CC(CF)=C(F)C(C)=C(Cl)C(F)(F)Cl. The quantitative estimate of drug-likeness (QED) is 0.392. The van der Waals surface area contributed by atoms with Crippen LogP contribution in [0.1, 0.15) is 13.8 Å². The molecule has 0 aliphatic heterocycles. The third-order valence-electron chi connectivity index (χ3n) is 1.48. The second-order valence-electron chi connectivity index (χ2n) is 2.66. The summed E-state index contributed by atoms with van der Waals surface area (Å²) < 4.78 is 49.8. The third kappa shape index (κ3) is 3.50. The predicted octanol–water partition coefficient (Wildman–Crippen LogP) is 4.54. The molecule has 0 saturated carbocycles. The lowest BCUT2D eigenvalue weighted by Gasteiger charge is -2.10. The summed E-state index contributed by atoms with van der Waals surface area (Å²) in [5.74, 6) is -1.10. The average molecular weight is 251 g/mol. The molecule has 0 saturated heterocycles. The van der Waals surface area contributed by atoms with Crippen molar-refractivity contribution in [3.63, 3.8) is 0 Å². The fourth-order valence-electron chi connectivity index (χ4n) is 0.688. The molecule has 0 spiro atoms. The maximum absolute atomic E-state index is 13.1. The molecule has 0 atom stereocenters. The monoisotopic (exact) mass is 250 g/mol. The van der Waals surface area contributed by atoms with Crippen molar-refractivity contribution in [2.24, 2.45) is 0 Å². The topological polar surface area (TPSA) is 0 Å². The maximum atomic E-state index is 13.1. The van der Waals surface area contributed by atoms with Crippen molar-refractivity contribution in [1.82, 2.24) is 0 Å². The van der Waals surface area contributed by atoms with E-state index in [9.17, 15) is 17.6 Å². The smallest absolute Gasteiger partial charge is 0.246 e. The molecule has 0 aromatic rings. The molecule has 14 heavy (non-hydrogen) atoms. The maximum Gasteiger partial charge on any atom is 0.358 e. The van der Waals surface area contributed by atoms with Crippen molar-refractivity contribution in [1.29, 1.82) is 0 Å². The Morgan fingerprint density at radius 1 is 1.29 bits per heavy atom. The van der Waals surface area contributed by atoms with E-state index < -0.39 is 28.5 Å². The van der Waals surface area contributed by atoms with E-state index in [1.807, 2.05) is 0 Å². The van der Waals surface area contributed by atoms with Crippen molar-refractivity contribution in [2.45, 2.75) is 19.2 Å². The fourth-order valence-corrected chi connectivity index (χ4v) is 0.912. The second-order valence-corrected chi connectivity index (χ2v) is 3.52. The summed E-state index contributed by atoms with van der Waals surface area (Å²) in [6.07, 6.45) is 0. The molecule has 0 aromatic heterocycles. The molecule has 0 heterocycles. The Hall–Kier alpha value is -0.220. The van der Waals surface area contributed by atoms with Gasteiger partial charge in [-0.2, -0.15) is 8.78 Å². The second kappa shape index (κ2) is 5.03. The first-order valence-electron chi connectivity index (χ1n) is 3.57.